The second-order valence-electron chi connectivity index (χ2n) is 6.95. The Balaban J connectivity index is 1.68. The van der Waals surface area contributed by atoms with E-state index in [0.717, 1.165) is 31.0 Å². The summed E-state index contributed by atoms with van der Waals surface area (Å²) in [5.41, 5.74) is 1.34. The lowest BCUT2D eigenvalue weighted by Crippen LogP contribution is -2.33. The highest BCUT2D eigenvalue weighted by Crippen LogP contribution is 2.34. The first-order valence-corrected chi connectivity index (χ1v) is 9.44. The predicted octanol–water partition coefficient (Wildman–Crippen LogP) is 1.77. The summed E-state index contributed by atoms with van der Waals surface area (Å²) < 4.78 is 3.56. The second kappa shape index (κ2) is 6.72. The molecule has 1 saturated heterocycles. The molecule has 0 amide bonds. The van der Waals surface area contributed by atoms with Crippen molar-refractivity contribution < 1.29 is 5.11 Å². The summed E-state index contributed by atoms with van der Waals surface area (Å²) in [6.45, 7) is 0.909. The molecular formula is C20H20N6O2. The smallest absolute Gasteiger partial charge is 0.261 e. The summed E-state index contributed by atoms with van der Waals surface area (Å²) in [6, 6.07) is 13.0. The van der Waals surface area contributed by atoms with E-state index in [2.05, 4.69) is 15.1 Å². The minimum Gasteiger partial charge on any atom is -0.395 e. The van der Waals surface area contributed by atoms with Gasteiger partial charge in [0.15, 0.2) is 5.65 Å². The van der Waals surface area contributed by atoms with Crippen LogP contribution in [0.15, 0.2) is 53.5 Å². The lowest BCUT2D eigenvalue weighted by atomic mass is 10.1. The fraction of sp³-hybridized carbons (Fsp3) is 0.300. The van der Waals surface area contributed by atoms with Gasteiger partial charge in [-0.15, -0.1) is 10.2 Å². The van der Waals surface area contributed by atoms with Crippen molar-refractivity contribution in [2.45, 2.75) is 25.4 Å². The van der Waals surface area contributed by atoms with Crippen molar-refractivity contribution in [2.24, 2.45) is 0 Å². The Hall–Kier alpha value is -3.26. The molecular weight excluding hydrogens is 356 g/mol. The van der Waals surface area contributed by atoms with Gasteiger partial charge >= 0.3 is 0 Å². The van der Waals surface area contributed by atoms with Crippen molar-refractivity contribution in [3.8, 4) is 0 Å². The Bertz CT molecular complexity index is 1210. The average Bonchev–Trinajstić information content (AvgIpc) is 3.36. The van der Waals surface area contributed by atoms with Gasteiger partial charge in [-0.2, -0.15) is 0 Å². The normalized spacial score (nSPS) is 17.0. The van der Waals surface area contributed by atoms with E-state index in [0.29, 0.717) is 16.7 Å². The number of pyridine rings is 1. The summed E-state index contributed by atoms with van der Waals surface area (Å²) in [4.78, 5) is 20.0. The fourth-order valence-corrected chi connectivity index (χ4v) is 4.05. The predicted molar refractivity (Wildman–Crippen MR) is 105 cm³/mol. The van der Waals surface area contributed by atoms with Gasteiger partial charge in [0.1, 0.15) is 5.82 Å². The largest absolute Gasteiger partial charge is 0.395 e. The fourth-order valence-electron chi connectivity index (χ4n) is 4.05. The molecule has 1 atom stereocenters. The maximum atomic E-state index is 13.1. The van der Waals surface area contributed by atoms with Crippen LogP contribution in [0.5, 0.6) is 0 Å². The summed E-state index contributed by atoms with van der Waals surface area (Å²) in [5.74, 6) is 1.42. The Kier molecular flexibility index (Phi) is 4.05. The molecule has 1 fully saturated rings. The summed E-state index contributed by atoms with van der Waals surface area (Å²) in [7, 11) is 0. The van der Waals surface area contributed by atoms with Crippen LogP contribution in [0.3, 0.4) is 0 Å². The van der Waals surface area contributed by atoms with Crippen LogP contribution in [0.4, 0.5) is 5.95 Å². The topological polar surface area (TPSA) is 88.5 Å². The van der Waals surface area contributed by atoms with E-state index >= 15 is 0 Å². The zero-order chi connectivity index (χ0) is 19.1. The van der Waals surface area contributed by atoms with Gasteiger partial charge in [0.05, 0.1) is 30.1 Å². The molecule has 28 heavy (non-hydrogen) atoms. The van der Waals surface area contributed by atoms with E-state index in [4.69, 9.17) is 4.98 Å². The van der Waals surface area contributed by atoms with Crippen LogP contribution in [-0.4, -0.2) is 42.4 Å². The summed E-state index contributed by atoms with van der Waals surface area (Å²) in [5, 5.41) is 18.8. The quantitative estimate of drug-likeness (QED) is 0.584. The Morgan fingerprint density at radius 2 is 1.96 bits per heavy atom. The number of rotatable bonds is 4. The molecule has 8 heteroatoms. The maximum absolute atomic E-state index is 13.1. The average molecular weight is 376 g/mol. The van der Waals surface area contributed by atoms with Crippen LogP contribution in [0.25, 0.3) is 16.6 Å². The number of para-hydroxylation sites is 1. The van der Waals surface area contributed by atoms with Crippen molar-refractivity contribution in [3.63, 3.8) is 0 Å². The number of nitrogens with zero attached hydrogens (tertiary/aromatic N) is 6. The van der Waals surface area contributed by atoms with Gasteiger partial charge < -0.3 is 10.0 Å². The third-order valence-corrected chi connectivity index (χ3v) is 5.32. The van der Waals surface area contributed by atoms with E-state index in [9.17, 15) is 9.90 Å². The van der Waals surface area contributed by atoms with Crippen molar-refractivity contribution in [3.05, 3.63) is 64.8 Å². The third-order valence-electron chi connectivity index (χ3n) is 5.32. The molecule has 0 bridgehead atoms. The molecule has 0 radical (unpaired) electrons. The standard InChI is InChI=1S/C20H20N6O2/c27-13-12-26-18(21-15-7-2-1-6-14(15)19(26)28)16-8-5-11-24(16)20-23-22-17-9-3-4-10-25(17)20/h1-4,6-7,9-10,16,27H,5,8,11-13H2. The number of fused-ring (bicyclic) bond motifs is 2. The van der Waals surface area contributed by atoms with E-state index in [1.165, 1.54) is 0 Å². The zero-order valence-electron chi connectivity index (χ0n) is 15.3. The summed E-state index contributed by atoms with van der Waals surface area (Å²) >= 11 is 0. The highest BCUT2D eigenvalue weighted by Gasteiger charge is 2.33. The monoisotopic (exact) mass is 376 g/mol. The van der Waals surface area contributed by atoms with Gasteiger partial charge in [-0.05, 0) is 37.1 Å². The number of aliphatic hydroxyl groups is 1. The van der Waals surface area contributed by atoms with Gasteiger partial charge in [0.2, 0.25) is 5.95 Å². The highest BCUT2D eigenvalue weighted by molar-refractivity contribution is 5.77. The minimum atomic E-state index is -0.118. The lowest BCUT2D eigenvalue weighted by molar-refractivity contribution is 0.270. The van der Waals surface area contributed by atoms with Crippen LogP contribution in [0, 0.1) is 0 Å². The molecule has 4 heterocycles. The first kappa shape index (κ1) is 16.9. The highest BCUT2D eigenvalue weighted by atomic mass is 16.3. The number of aliphatic hydroxyl groups excluding tert-OH is 1. The van der Waals surface area contributed by atoms with Gasteiger partial charge in [-0.1, -0.05) is 18.2 Å². The Labute approximate surface area is 160 Å². The molecule has 0 saturated carbocycles. The number of hydrogen-bond acceptors (Lipinski definition) is 6. The van der Waals surface area contributed by atoms with Gasteiger partial charge in [0.25, 0.3) is 5.56 Å². The number of anilines is 1. The Morgan fingerprint density at radius 1 is 1.11 bits per heavy atom. The Morgan fingerprint density at radius 3 is 2.86 bits per heavy atom. The van der Waals surface area contributed by atoms with Gasteiger partial charge in [-0.3, -0.25) is 13.8 Å². The summed E-state index contributed by atoms with van der Waals surface area (Å²) in [6.07, 6.45) is 3.76. The van der Waals surface area contributed by atoms with Crippen molar-refractivity contribution in [1.29, 1.82) is 0 Å². The molecule has 0 spiro atoms. The first-order valence-electron chi connectivity index (χ1n) is 9.44. The van der Waals surface area contributed by atoms with Gasteiger partial charge in [-0.25, -0.2) is 4.98 Å². The minimum absolute atomic E-state index is 0.100. The van der Waals surface area contributed by atoms with Crippen LogP contribution in [-0.2, 0) is 6.54 Å². The zero-order valence-corrected chi connectivity index (χ0v) is 15.3. The molecule has 1 aliphatic rings. The molecule has 3 aromatic heterocycles. The molecule has 1 N–H and O–H groups in total. The molecule has 1 unspecified atom stereocenters. The molecule has 0 aliphatic carbocycles. The molecule has 5 rings (SSSR count). The lowest BCUT2D eigenvalue weighted by Gasteiger charge is -2.26. The molecule has 1 aromatic carbocycles. The van der Waals surface area contributed by atoms with Crippen LogP contribution in [0.1, 0.15) is 24.7 Å². The van der Waals surface area contributed by atoms with Crippen LogP contribution < -0.4 is 10.5 Å². The first-order chi connectivity index (χ1) is 13.8. The van der Waals surface area contributed by atoms with E-state index in [1.807, 2.05) is 47.0 Å². The van der Waals surface area contributed by atoms with E-state index in [-0.39, 0.29) is 24.8 Å². The van der Waals surface area contributed by atoms with Crippen LogP contribution >= 0.6 is 0 Å². The number of hydrogen-bond donors (Lipinski definition) is 1. The number of benzene rings is 1. The maximum Gasteiger partial charge on any atom is 0.261 e. The third kappa shape index (κ3) is 2.56. The SMILES string of the molecule is O=c1c2ccccc2nc(C2CCCN2c2nnc3ccccn23)n1CCO. The van der Waals surface area contributed by atoms with Crippen LogP contribution in [0.2, 0.25) is 0 Å². The van der Waals surface area contributed by atoms with E-state index in [1.54, 1.807) is 10.6 Å². The van der Waals surface area contributed by atoms with E-state index < -0.39 is 0 Å². The molecule has 8 nitrogen and oxygen atoms in total. The number of aromatic nitrogens is 5. The molecule has 4 aromatic rings. The second-order valence-corrected chi connectivity index (χ2v) is 6.95. The molecule has 1 aliphatic heterocycles. The van der Waals surface area contributed by atoms with Gasteiger partial charge in [0, 0.05) is 12.7 Å². The molecule has 142 valence electrons. The van der Waals surface area contributed by atoms with Crippen molar-refractivity contribution in [1.82, 2.24) is 24.1 Å². The van der Waals surface area contributed by atoms with Crippen molar-refractivity contribution in [2.75, 3.05) is 18.1 Å². The van der Waals surface area contributed by atoms with Crippen molar-refractivity contribution >= 4 is 22.5 Å².